The summed E-state index contributed by atoms with van der Waals surface area (Å²) in [7, 11) is 0. The Morgan fingerprint density at radius 1 is 1.04 bits per heavy atom. The lowest BCUT2D eigenvalue weighted by molar-refractivity contribution is 0.100. The van der Waals surface area contributed by atoms with Gasteiger partial charge in [-0.3, -0.25) is 9.59 Å². The van der Waals surface area contributed by atoms with E-state index >= 15 is 0 Å². The Hall–Kier alpha value is -3.41. The van der Waals surface area contributed by atoms with Crippen LogP contribution in [0.15, 0.2) is 67.0 Å². The predicted molar refractivity (Wildman–Crippen MR) is 86.5 cm³/mol. The molecule has 1 heterocycles. The number of amides is 2. The van der Waals surface area contributed by atoms with Crippen LogP contribution in [0.5, 0.6) is 0 Å². The topological polar surface area (TPSA) is 90.0 Å². The second kappa shape index (κ2) is 6.15. The smallest absolute Gasteiger partial charge is 0.255 e. The molecule has 23 heavy (non-hydrogen) atoms. The number of aromatic nitrogens is 2. The third-order valence-electron chi connectivity index (χ3n) is 3.32. The number of hydrogen-bond acceptors (Lipinski definition) is 3. The molecular formula is C17H14N4O2. The molecule has 0 atom stereocenters. The first-order valence-electron chi connectivity index (χ1n) is 6.95. The molecule has 0 saturated carbocycles. The Morgan fingerprint density at radius 2 is 1.87 bits per heavy atom. The van der Waals surface area contributed by atoms with Gasteiger partial charge in [-0.25, -0.2) is 4.68 Å². The zero-order valence-electron chi connectivity index (χ0n) is 12.1. The summed E-state index contributed by atoms with van der Waals surface area (Å²) < 4.78 is 1.66. The van der Waals surface area contributed by atoms with E-state index in [2.05, 4.69) is 10.4 Å². The van der Waals surface area contributed by atoms with E-state index in [1.54, 1.807) is 65.6 Å². The SMILES string of the molecule is NC(=O)c1ccccc1NC(=O)c1cccc(-n2cccn2)c1. The highest BCUT2D eigenvalue weighted by atomic mass is 16.2. The van der Waals surface area contributed by atoms with Crippen LogP contribution in [0.4, 0.5) is 5.69 Å². The molecule has 0 bridgehead atoms. The fraction of sp³-hybridized carbons (Fsp3) is 0. The van der Waals surface area contributed by atoms with Crippen LogP contribution in [0.3, 0.4) is 0 Å². The van der Waals surface area contributed by atoms with Gasteiger partial charge in [0, 0.05) is 18.0 Å². The number of rotatable bonds is 4. The summed E-state index contributed by atoms with van der Waals surface area (Å²) in [5.74, 6) is -0.918. The van der Waals surface area contributed by atoms with Crippen molar-refractivity contribution in [3.63, 3.8) is 0 Å². The summed E-state index contributed by atoms with van der Waals surface area (Å²) >= 11 is 0. The molecule has 6 nitrogen and oxygen atoms in total. The van der Waals surface area contributed by atoms with Gasteiger partial charge in [0.05, 0.1) is 16.9 Å². The van der Waals surface area contributed by atoms with E-state index < -0.39 is 5.91 Å². The van der Waals surface area contributed by atoms with Gasteiger partial charge < -0.3 is 11.1 Å². The van der Waals surface area contributed by atoms with Gasteiger partial charge in [-0.2, -0.15) is 5.10 Å². The first kappa shape index (κ1) is 14.5. The highest BCUT2D eigenvalue weighted by Gasteiger charge is 2.12. The second-order valence-corrected chi connectivity index (χ2v) is 4.86. The Labute approximate surface area is 132 Å². The average molecular weight is 306 g/mol. The fourth-order valence-electron chi connectivity index (χ4n) is 2.21. The van der Waals surface area contributed by atoms with Crippen LogP contribution >= 0.6 is 0 Å². The molecule has 3 rings (SSSR count). The molecule has 2 amide bonds. The molecule has 0 spiro atoms. The summed E-state index contributed by atoms with van der Waals surface area (Å²) in [4.78, 5) is 23.8. The molecule has 0 radical (unpaired) electrons. The van der Waals surface area contributed by atoms with Crippen molar-refractivity contribution in [2.45, 2.75) is 0 Å². The van der Waals surface area contributed by atoms with Crippen LogP contribution in [0.2, 0.25) is 0 Å². The number of benzene rings is 2. The highest BCUT2D eigenvalue weighted by molar-refractivity contribution is 6.08. The Balaban J connectivity index is 1.87. The summed E-state index contributed by atoms with van der Waals surface area (Å²) in [5.41, 5.74) is 7.19. The average Bonchev–Trinajstić information content (AvgIpc) is 3.10. The number of nitrogens with zero attached hydrogens (tertiary/aromatic N) is 2. The van der Waals surface area contributed by atoms with Crippen LogP contribution in [0.1, 0.15) is 20.7 Å². The van der Waals surface area contributed by atoms with E-state index in [0.717, 1.165) is 5.69 Å². The molecular weight excluding hydrogens is 292 g/mol. The molecule has 3 N–H and O–H groups in total. The van der Waals surface area contributed by atoms with E-state index in [0.29, 0.717) is 11.3 Å². The van der Waals surface area contributed by atoms with Crippen LogP contribution in [-0.2, 0) is 0 Å². The molecule has 0 unspecified atom stereocenters. The Morgan fingerprint density at radius 3 is 2.61 bits per heavy atom. The quantitative estimate of drug-likeness (QED) is 0.774. The lowest BCUT2D eigenvalue weighted by Gasteiger charge is -2.09. The minimum Gasteiger partial charge on any atom is -0.366 e. The Bertz CT molecular complexity index is 857. The van der Waals surface area contributed by atoms with Crippen molar-refractivity contribution in [1.82, 2.24) is 9.78 Å². The summed E-state index contributed by atoms with van der Waals surface area (Å²) in [6.07, 6.45) is 3.45. The minimum absolute atomic E-state index is 0.268. The van der Waals surface area contributed by atoms with Crippen LogP contribution in [-0.4, -0.2) is 21.6 Å². The van der Waals surface area contributed by atoms with Crippen molar-refractivity contribution in [2.24, 2.45) is 5.73 Å². The lowest BCUT2D eigenvalue weighted by atomic mass is 10.1. The van der Waals surface area contributed by atoms with Crippen LogP contribution in [0, 0.1) is 0 Å². The maximum Gasteiger partial charge on any atom is 0.255 e. The first-order valence-corrected chi connectivity index (χ1v) is 6.95. The number of anilines is 1. The molecule has 6 heteroatoms. The van der Waals surface area contributed by atoms with Crippen molar-refractivity contribution >= 4 is 17.5 Å². The van der Waals surface area contributed by atoms with Crippen molar-refractivity contribution in [2.75, 3.05) is 5.32 Å². The third-order valence-corrected chi connectivity index (χ3v) is 3.32. The standard InChI is InChI=1S/C17H14N4O2/c18-16(22)14-7-1-2-8-15(14)20-17(23)12-5-3-6-13(11-12)21-10-4-9-19-21/h1-11H,(H2,18,22)(H,20,23). The number of para-hydroxylation sites is 1. The second-order valence-electron chi connectivity index (χ2n) is 4.86. The highest BCUT2D eigenvalue weighted by Crippen LogP contribution is 2.17. The number of hydrogen-bond donors (Lipinski definition) is 2. The maximum absolute atomic E-state index is 12.4. The van der Waals surface area contributed by atoms with Crippen molar-refractivity contribution < 1.29 is 9.59 Å². The fourth-order valence-corrected chi connectivity index (χ4v) is 2.21. The van der Waals surface area contributed by atoms with Gasteiger partial charge in [0.1, 0.15) is 0 Å². The monoisotopic (exact) mass is 306 g/mol. The van der Waals surface area contributed by atoms with E-state index in [4.69, 9.17) is 5.73 Å². The number of carbonyl (C=O) groups is 2. The zero-order chi connectivity index (χ0) is 16.2. The molecule has 0 fully saturated rings. The minimum atomic E-state index is -0.591. The van der Waals surface area contributed by atoms with Gasteiger partial charge >= 0.3 is 0 Å². The molecule has 0 aliphatic carbocycles. The van der Waals surface area contributed by atoms with E-state index in [1.807, 2.05) is 6.07 Å². The Kier molecular flexibility index (Phi) is 3.88. The summed E-state index contributed by atoms with van der Waals surface area (Å²) in [6.45, 7) is 0. The van der Waals surface area contributed by atoms with Gasteiger partial charge in [0.15, 0.2) is 0 Å². The van der Waals surface area contributed by atoms with Gasteiger partial charge in [-0.05, 0) is 36.4 Å². The summed E-state index contributed by atoms with van der Waals surface area (Å²) in [5, 5.41) is 6.84. The van der Waals surface area contributed by atoms with Gasteiger partial charge in [0.25, 0.3) is 11.8 Å². The lowest BCUT2D eigenvalue weighted by Crippen LogP contribution is -2.18. The van der Waals surface area contributed by atoms with Crippen molar-refractivity contribution in [3.05, 3.63) is 78.1 Å². The maximum atomic E-state index is 12.4. The van der Waals surface area contributed by atoms with Crippen molar-refractivity contribution in [3.8, 4) is 5.69 Å². The number of primary amides is 1. The van der Waals surface area contributed by atoms with Crippen LogP contribution in [0.25, 0.3) is 5.69 Å². The number of nitrogens with one attached hydrogen (secondary N) is 1. The van der Waals surface area contributed by atoms with E-state index in [1.165, 1.54) is 0 Å². The molecule has 1 aromatic heterocycles. The third kappa shape index (κ3) is 3.11. The molecule has 114 valence electrons. The van der Waals surface area contributed by atoms with E-state index in [9.17, 15) is 9.59 Å². The summed E-state index contributed by atoms with van der Waals surface area (Å²) in [6, 6.07) is 15.4. The molecule has 3 aromatic rings. The largest absolute Gasteiger partial charge is 0.366 e. The molecule has 0 aliphatic rings. The first-order chi connectivity index (χ1) is 11.1. The molecule has 0 saturated heterocycles. The van der Waals surface area contributed by atoms with Gasteiger partial charge in [0.2, 0.25) is 0 Å². The number of carbonyl (C=O) groups excluding carboxylic acids is 2. The van der Waals surface area contributed by atoms with E-state index in [-0.39, 0.29) is 11.5 Å². The number of nitrogens with two attached hydrogens (primary N) is 1. The molecule has 2 aromatic carbocycles. The van der Waals surface area contributed by atoms with Crippen LogP contribution < -0.4 is 11.1 Å². The normalized spacial score (nSPS) is 10.3. The predicted octanol–water partition coefficient (Wildman–Crippen LogP) is 2.22. The molecule has 0 aliphatic heterocycles. The van der Waals surface area contributed by atoms with Gasteiger partial charge in [-0.1, -0.05) is 18.2 Å². The zero-order valence-corrected chi connectivity index (χ0v) is 12.1. The van der Waals surface area contributed by atoms with Gasteiger partial charge in [-0.15, -0.1) is 0 Å². The van der Waals surface area contributed by atoms with Crippen molar-refractivity contribution in [1.29, 1.82) is 0 Å².